The highest BCUT2D eigenvalue weighted by Gasteiger charge is 2.06. The zero-order chi connectivity index (χ0) is 10.7. The topological polar surface area (TPSA) is 66.0 Å². The number of aromatic amines is 1. The van der Waals surface area contributed by atoms with Gasteiger partial charge in [-0.3, -0.25) is 4.79 Å². The third kappa shape index (κ3) is 2.60. The van der Waals surface area contributed by atoms with Crippen LogP contribution in [-0.2, 0) is 4.79 Å². The molecule has 2 aromatic rings. The molecule has 0 bridgehead atoms. The summed E-state index contributed by atoms with van der Waals surface area (Å²) in [4.78, 5) is 17.6. The van der Waals surface area contributed by atoms with Crippen LogP contribution in [0, 0.1) is 0 Å². The number of nitrogens with zero attached hydrogens (tertiary/aromatic N) is 1. The zero-order valence-corrected chi connectivity index (χ0v) is 9.27. The Morgan fingerprint density at radius 1 is 1.67 bits per heavy atom. The lowest BCUT2D eigenvalue weighted by molar-refractivity contribution is -0.133. The highest BCUT2D eigenvalue weighted by atomic mass is 32.2. The Kier molecular flexibility index (Phi) is 3.08. The van der Waals surface area contributed by atoms with Crippen molar-refractivity contribution in [3.63, 3.8) is 0 Å². The second-order valence-corrected chi connectivity index (χ2v) is 4.86. The first-order valence-corrected chi connectivity index (χ1v) is 6.05. The summed E-state index contributed by atoms with van der Waals surface area (Å²) in [5, 5.41) is 10.4. The minimum absolute atomic E-state index is 0.0556. The average Bonchev–Trinajstić information content (AvgIpc) is 2.85. The van der Waals surface area contributed by atoms with E-state index < -0.39 is 5.97 Å². The Morgan fingerprint density at radius 3 is 3.20 bits per heavy atom. The Morgan fingerprint density at radius 2 is 2.53 bits per heavy atom. The third-order valence-electron chi connectivity index (χ3n) is 1.70. The van der Waals surface area contributed by atoms with Gasteiger partial charge in [-0.05, 0) is 6.07 Å². The summed E-state index contributed by atoms with van der Waals surface area (Å²) in [6.07, 6.45) is 3.69. The van der Waals surface area contributed by atoms with Gasteiger partial charge in [0.2, 0.25) is 0 Å². The summed E-state index contributed by atoms with van der Waals surface area (Å²) in [6.45, 7) is 0. The van der Waals surface area contributed by atoms with Crippen molar-refractivity contribution in [3.8, 4) is 11.3 Å². The number of thioether (sulfide) groups is 1. The third-order valence-corrected chi connectivity index (χ3v) is 3.70. The smallest absolute Gasteiger partial charge is 0.313 e. The monoisotopic (exact) mass is 240 g/mol. The van der Waals surface area contributed by atoms with Crippen molar-refractivity contribution < 1.29 is 9.90 Å². The average molecular weight is 240 g/mol. The normalized spacial score (nSPS) is 10.4. The molecule has 0 aliphatic rings. The van der Waals surface area contributed by atoms with Crippen LogP contribution in [0.3, 0.4) is 0 Å². The molecule has 0 aliphatic heterocycles. The number of nitrogens with one attached hydrogen (secondary N) is 1. The Hall–Kier alpha value is -1.27. The molecule has 2 aromatic heterocycles. The van der Waals surface area contributed by atoms with Crippen LogP contribution < -0.4 is 0 Å². The lowest BCUT2D eigenvalue weighted by Gasteiger charge is -1.90. The van der Waals surface area contributed by atoms with Crippen LogP contribution >= 0.6 is 23.1 Å². The lowest BCUT2D eigenvalue weighted by atomic mass is 10.3. The number of carboxylic acid groups (broad SMARTS) is 1. The SMILES string of the molecule is O=C(O)CSc1nc(-c2cc[nH]c2)cs1. The van der Waals surface area contributed by atoms with Gasteiger partial charge in [0.15, 0.2) is 4.34 Å². The largest absolute Gasteiger partial charge is 0.481 e. The van der Waals surface area contributed by atoms with E-state index in [1.165, 1.54) is 23.1 Å². The van der Waals surface area contributed by atoms with Crippen molar-refractivity contribution in [1.82, 2.24) is 9.97 Å². The molecule has 0 unspecified atom stereocenters. The van der Waals surface area contributed by atoms with Gasteiger partial charge in [0.05, 0.1) is 11.4 Å². The minimum atomic E-state index is -0.821. The second kappa shape index (κ2) is 4.50. The first-order valence-electron chi connectivity index (χ1n) is 4.19. The van der Waals surface area contributed by atoms with Gasteiger partial charge < -0.3 is 10.1 Å². The molecule has 2 rings (SSSR count). The Balaban J connectivity index is 2.08. The fourth-order valence-corrected chi connectivity index (χ4v) is 2.62. The van der Waals surface area contributed by atoms with Gasteiger partial charge in [-0.15, -0.1) is 11.3 Å². The standard InChI is InChI=1S/C9H8N2O2S2/c12-8(13)5-15-9-11-7(4-14-9)6-1-2-10-3-6/h1-4,10H,5H2,(H,12,13). The van der Waals surface area contributed by atoms with E-state index in [1.54, 1.807) is 0 Å². The molecule has 2 heterocycles. The first kappa shape index (κ1) is 10.3. The number of carboxylic acids is 1. The fraction of sp³-hybridized carbons (Fsp3) is 0.111. The molecule has 0 aromatic carbocycles. The lowest BCUT2D eigenvalue weighted by Crippen LogP contribution is -1.96. The minimum Gasteiger partial charge on any atom is -0.481 e. The van der Waals surface area contributed by atoms with E-state index in [2.05, 4.69) is 9.97 Å². The molecule has 2 N–H and O–H groups in total. The van der Waals surface area contributed by atoms with Crippen molar-refractivity contribution in [1.29, 1.82) is 0 Å². The predicted octanol–water partition coefficient (Wildman–Crippen LogP) is 2.31. The van der Waals surface area contributed by atoms with Crippen molar-refractivity contribution in [3.05, 3.63) is 23.8 Å². The van der Waals surface area contributed by atoms with Gasteiger partial charge in [0.1, 0.15) is 0 Å². The van der Waals surface area contributed by atoms with Crippen molar-refractivity contribution in [2.24, 2.45) is 0 Å². The summed E-state index contributed by atoms with van der Waals surface area (Å²) in [5.74, 6) is -0.765. The summed E-state index contributed by atoms with van der Waals surface area (Å²) < 4.78 is 0.786. The molecular weight excluding hydrogens is 232 g/mol. The molecule has 4 nitrogen and oxygen atoms in total. The van der Waals surface area contributed by atoms with Gasteiger partial charge in [0.25, 0.3) is 0 Å². The molecule has 0 amide bonds. The fourth-order valence-electron chi connectivity index (χ4n) is 1.06. The number of rotatable bonds is 4. The molecule has 0 spiro atoms. The highest BCUT2D eigenvalue weighted by molar-refractivity contribution is 8.01. The van der Waals surface area contributed by atoms with E-state index in [1.807, 2.05) is 23.8 Å². The quantitative estimate of drug-likeness (QED) is 0.805. The van der Waals surface area contributed by atoms with Crippen molar-refractivity contribution >= 4 is 29.1 Å². The van der Waals surface area contributed by atoms with Crippen LogP contribution in [0.1, 0.15) is 0 Å². The van der Waals surface area contributed by atoms with Gasteiger partial charge in [-0.2, -0.15) is 0 Å². The second-order valence-electron chi connectivity index (χ2n) is 2.78. The molecule has 0 fully saturated rings. The Bertz CT molecular complexity index is 450. The van der Waals surface area contributed by atoms with Crippen LogP contribution in [0.5, 0.6) is 0 Å². The predicted molar refractivity (Wildman–Crippen MR) is 60.3 cm³/mol. The van der Waals surface area contributed by atoms with Gasteiger partial charge >= 0.3 is 5.97 Å². The van der Waals surface area contributed by atoms with Gasteiger partial charge in [-0.1, -0.05) is 11.8 Å². The van der Waals surface area contributed by atoms with Crippen molar-refractivity contribution in [2.45, 2.75) is 4.34 Å². The number of hydrogen-bond donors (Lipinski definition) is 2. The van der Waals surface area contributed by atoms with Crippen LogP contribution in [0.4, 0.5) is 0 Å². The van der Waals surface area contributed by atoms with E-state index >= 15 is 0 Å². The molecule has 0 saturated carbocycles. The maximum atomic E-state index is 10.4. The van der Waals surface area contributed by atoms with E-state index in [0.29, 0.717) is 0 Å². The molecule has 0 aliphatic carbocycles. The zero-order valence-electron chi connectivity index (χ0n) is 7.64. The summed E-state index contributed by atoms with van der Waals surface area (Å²) >= 11 is 2.71. The van der Waals surface area contributed by atoms with Crippen LogP contribution in [0.15, 0.2) is 28.2 Å². The van der Waals surface area contributed by atoms with Gasteiger partial charge in [-0.25, -0.2) is 4.98 Å². The number of hydrogen-bond acceptors (Lipinski definition) is 4. The molecule has 0 radical (unpaired) electrons. The van der Waals surface area contributed by atoms with Gasteiger partial charge in [0, 0.05) is 23.3 Å². The van der Waals surface area contributed by atoms with E-state index in [9.17, 15) is 4.79 Å². The van der Waals surface area contributed by atoms with E-state index in [4.69, 9.17) is 5.11 Å². The summed E-state index contributed by atoms with van der Waals surface area (Å²) in [7, 11) is 0. The molecule has 0 saturated heterocycles. The molecule has 6 heteroatoms. The number of aromatic nitrogens is 2. The molecule has 15 heavy (non-hydrogen) atoms. The molecule has 0 atom stereocenters. The number of thiazole rings is 1. The summed E-state index contributed by atoms with van der Waals surface area (Å²) in [6, 6.07) is 1.93. The van der Waals surface area contributed by atoms with Crippen LogP contribution in [0.2, 0.25) is 0 Å². The highest BCUT2D eigenvalue weighted by Crippen LogP contribution is 2.27. The van der Waals surface area contributed by atoms with Crippen LogP contribution in [-0.4, -0.2) is 26.8 Å². The van der Waals surface area contributed by atoms with E-state index in [-0.39, 0.29) is 5.75 Å². The maximum Gasteiger partial charge on any atom is 0.313 e. The van der Waals surface area contributed by atoms with Crippen molar-refractivity contribution in [2.75, 3.05) is 5.75 Å². The number of aliphatic carboxylic acids is 1. The molecular formula is C9H8N2O2S2. The van der Waals surface area contributed by atoms with Crippen LogP contribution in [0.25, 0.3) is 11.3 Å². The summed E-state index contributed by atoms with van der Waals surface area (Å²) in [5.41, 5.74) is 1.91. The molecule has 78 valence electrons. The van der Waals surface area contributed by atoms with E-state index in [0.717, 1.165) is 15.6 Å². The Labute approximate surface area is 94.4 Å². The maximum absolute atomic E-state index is 10.4. The first-order chi connectivity index (χ1) is 7.25. The number of carbonyl (C=O) groups is 1. The number of H-pyrrole nitrogens is 1.